The highest BCUT2D eigenvalue weighted by atomic mass is 35.5. The first-order chi connectivity index (χ1) is 9.70. The van der Waals surface area contributed by atoms with Crippen molar-refractivity contribution in [3.63, 3.8) is 0 Å². The van der Waals surface area contributed by atoms with Crippen LogP contribution in [0.5, 0.6) is 0 Å². The summed E-state index contributed by atoms with van der Waals surface area (Å²) in [5, 5.41) is 3.00. The molecule has 0 fully saturated rings. The molecule has 0 saturated heterocycles. The van der Waals surface area contributed by atoms with E-state index in [9.17, 15) is 4.79 Å². The molecular weight excluding hydrogens is 278 g/mol. The summed E-state index contributed by atoms with van der Waals surface area (Å²) in [6.45, 7) is 3.56. The minimum atomic E-state index is -0.289. The van der Waals surface area contributed by atoms with E-state index < -0.39 is 0 Å². The molecule has 4 nitrogen and oxygen atoms in total. The Morgan fingerprint density at radius 2 is 2.00 bits per heavy atom. The van der Waals surface area contributed by atoms with Crippen molar-refractivity contribution in [3.8, 4) is 0 Å². The maximum absolute atomic E-state index is 11.9. The van der Waals surface area contributed by atoms with Crippen LogP contribution in [0.15, 0.2) is 40.8 Å². The number of halogens is 1. The topological polar surface area (TPSA) is 51.5 Å². The van der Waals surface area contributed by atoms with E-state index in [1.54, 1.807) is 12.1 Å². The Labute approximate surface area is 122 Å². The fourth-order valence-electron chi connectivity index (χ4n) is 1.78. The van der Waals surface area contributed by atoms with Gasteiger partial charge in [0.2, 0.25) is 0 Å². The molecule has 20 heavy (non-hydrogen) atoms. The van der Waals surface area contributed by atoms with E-state index in [-0.39, 0.29) is 16.9 Å². The minimum absolute atomic E-state index is 0.201. The van der Waals surface area contributed by atoms with Gasteiger partial charge in [-0.3, -0.25) is 4.79 Å². The van der Waals surface area contributed by atoms with Gasteiger partial charge in [0.15, 0.2) is 11.0 Å². The predicted molar refractivity (Wildman–Crippen MR) is 76.7 cm³/mol. The van der Waals surface area contributed by atoms with Gasteiger partial charge >= 0.3 is 0 Å². The largest absolute Gasteiger partial charge is 0.440 e. The average molecular weight is 294 g/mol. The van der Waals surface area contributed by atoms with E-state index in [0.717, 1.165) is 11.1 Å². The fourth-order valence-corrected chi connectivity index (χ4v) is 1.93. The molecule has 5 heteroatoms. The van der Waals surface area contributed by atoms with Crippen LogP contribution in [0.2, 0.25) is 5.22 Å². The van der Waals surface area contributed by atoms with Crippen LogP contribution in [0.4, 0.5) is 0 Å². The van der Waals surface area contributed by atoms with Gasteiger partial charge in [-0.2, -0.15) is 0 Å². The van der Waals surface area contributed by atoms with Gasteiger partial charge in [0.25, 0.3) is 5.91 Å². The van der Waals surface area contributed by atoms with Crippen molar-refractivity contribution in [1.29, 1.82) is 0 Å². The summed E-state index contributed by atoms with van der Waals surface area (Å²) in [4.78, 5) is 11.9. The third-order valence-corrected chi connectivity index (χ3v) is 3.02. The second-order valence-electron chi connectivity index (χ2n) is 4.19. The smallest absolute Gasteiger partial charge is 0.287 e. The molecule has 0 unspecified atom stereocenters. The van der Waals surface area contributed by atoms with Gasteiger partial charge in [0, 0.05) is 13.2 Å². The summed E-state index contributed by atoms with van der Waals surface area (Å²) in [6, 6.07) is 10.9. The summed E-state index contributed by atoms with van der Waals surface area (Å²) >= 11 is 5.64. The van der Waals surface area contributed by atoms with Crippen LogP contribution in [0.1, 0.15) is 28.6 Å². The molecule has 1 amide bonds. The van der Waals surface area contributed by atoms with E-state index in [1.807, 2.05) is 31.2 Å². The Bertz CT molecular complexity index is 580. The van der Waals surface area contributed by atoms with Gasteiger partial charge in [0.05, 0.1) is 6.61 Å². The zero-order valence-corrected chi connectivity index (χ0v) is 11.9. The molecule has 1 heterocycles. The first-order valence-corrected chi connectivity index (χ1v) is 6.76. The number of rotatable bonds is 6. The van der Waals surface area contributed by atoms with Gasteiger partial charge in [-0.25, -0.2) is 0 Å². The Morgan fingerprint density at radius 3 is 2.65 bits per heavy atom. The summed E-state index contributed by atoms with van der Waals surface area (Å²) in [5.74, 6) is -0.0830. The highest BCUT2D eigenvalue weighted by molar-refractivity contribution is 6.29. The molecule has 0 spiro atoms. The van der Waals surface area contributed by atoms with Crippen molar-refractivity contribution in [3.05, 3.63) is 58.5 Å². The molecule has 0 aliphatic carbocycles. The molecule has 1 aromatic heterocycles. The van der Waals surface area contributed by atoms with Gasteiger partial charge in [-0.1, -0.05) is 24.3 Å². The predicted octanol–water partition coefficient (Wildman–Crippen LogP) is 3.40. The highest BCUT2D eigenvalue weighted by Crippen LogP contribution is 2.14. The lowest BCUT2D eigenvalue weighted by Gasteiger charge is -2.10. The molecule has 1 aromatic carbocycles. The molecule has 0 atom stereocenters. The number of carbonyl (C=O) groups excluding carboxylic acids is 1. The second kappa shape index (κ2) is 7.12. The average Bonchev–Trinajstić information content (AvgIpc) is 2.90. The number of amides is 1. The number of benzene rings is 1. The van der Waals surface area contributed by atoms with Crippen LogP contribution in [0.25, 0.3) is 0 Å². The Kier molecular flexibility index (Phi) is 5.21. The number of furan rings is 1. The first kappa shape index (κ1) is 14.6. The molecule has 0 bridgehead atoms. The number of hydrogen-bond donors (Lipinski definition) is 1. The zero-order valence-electron chi connectivity index (χ0n) is 11.2. The number of carbonyl (C=O) groups is 1. The van der Waals surface area contributed by atoms with Crippen LogP contribution in [-0.4, -0.2) is 12.5 Å². The van der Waals surface area contributed by atoms with E-state index in [2.05, 4.69) is 5.32 Å². The van der Waals surface area contributed by atoms with E-state index in [1.165, 1.54) is 0 Å². The molecule has 2 rings (SSSR count). The van der Waals surface area contributed by atoms with Crippen LogP contribution in [0.3, 0.4) is 0 Å². The fraction of sp³-hybridized carbons (Fsp3) is 0.267. The molecule has 0 aliphatic rings. The summed E-state index contributed by atoms with van der Waals surface area (Å²) < 4.78 is 10.5. The third-order valence-electron chi connectivity index (χ3n) is 2.82. The summed E-state index contributed by atoms with van der Waals surface area (Å²) in [5.41, 5.74) is 2.08. The maximum atomic E-state index is 11.9. The lowest BCUT2D eigenvalue weighted by atomic mass is 10.1. The quantitative estimate of drug-likeness (QED) is 0.888. The van der Waals surface area contributed by atoms with Crippen molar-refractivity contribution in [1.82, 2.24) is 5.32 Å². The molecular formula is C15H16ClNO3. The standard InChI is InChI=1S/C15H16ClNO3/c1-2-19-10-12-6-4-3-5-11(12)9-17-15(18)13-7-8-14(16)20-13/h3-8H,2,9-10H2,1H3,(H,17,18). The number of hydrogen-bond acceptors (Lipinski definition) is 3. The van der Waals surface area contributed by atoms with Gasteiger partial charge in [-0.05, 0) is 41.8 Å². The summed E-state index contributed by atoms with van der Waals surface area (Å²) in [6.07, 6.45) is 0. The Hall–Kier alpha value is -1.78. The Balaban J connectivity index is 1.98. The lowest BCUT2D eigenvalue weighted by Crippen LogP contribution is -2.23. The Morgan fingerprint density at radius 1 is 1.25 bits per heavy atom. The number of nitrogens with one attached hydrogen (secondary N) is 1. The van der Waals surface area contributed by atoms with Crippen LogP contribution < -0.4 is 5.32 Å². The van der Waals surface area contributed by atoms with E-state index in [0.29, 0.717) is 19.8 Å². The van der Waals surface area contributed by atoms with E-state index >= 15 is 0 Å². The van der Waals surface area contributed by atoms with Crippen LogP contribution >= 0.6 is 11.6 Å². The molecule has 0 saturated carbocycles. The molecule has 1 N–H and O–H groups in total. The first-order valence-electron chi connectivity index (χ1n) is 6.38. The van der Waals surface area contributed by atoms with Crippen molar-refractivity contribution in [2.45, 2.75) is 20.1 Å². The van der Waals surface area contributed by atoms with Crippen LogP contribution in [0, 0.1) is 0 Å². The van der Waals surface area contributed by atoms with Crippen molar-refractivity contribution >= 4 is 17.5 Å². The maximum Gasteiger partial charge on any atom is 0.287 e. The van der Waals surface area contributed by atoms with Crippen LogP contribution in [-0.2, 0) is 17.9 Å². The number of ether oxygens (including phenoxy) is 1. The SMILES string of the molecule is CCOCc1ccccc1CNC(=O)c1ccc(Cl)o1. The lowest BCUT2D eigenvalue weighted by molar-refractivity contribution is 0.0922. The second-order valence-corrected chi connectivity index (χ2v) is 4.56. The van der Waals surface area contributed by atoms with E-state index in [4.69, 9.17) is 20.8 Å². The van der Waals surface area contributed by atoms with Crippen molar-refractivity contribution < 1.29 is 13.9 Å². The molecule has 106 valence electrons. The summed E-state index contributed by atoms with van der Waals surface area (Å²) in [7, 11) is 0. The van der Waals surface area contributed by atoms with Gasteiger partial charge in [-0.15, -0.1) is 0 Å². The molecule has 0 aliphatic heterocycles. The minimum Gasteiger partial charge on any atom is -0.440 e. The van der Waals surface area contributed by atoms with Crippen molar-refractivity contribution in [2.75, 3.05) is 6.61 Å². The van der Waals surface area contributed by atoms with Gasteiger partial charge in [0.1, 0.15) is 0 Å². The third kappa shape index (κ3) is 3.85. The highest BCUT2D eigenvalue weighted by Gasteiger charge is 2.11. The zero-order chi connectivity index (χ0) is 14.4. The van der Waals surface area contributed by atoms with Gasteiger partial charge < -0.3 is 14.5 Å². The van der Waals surface area contributed by atoms with Crippen molar-refractivity contribution in [2.24, 2.45) is 0 Å². The normalized spacial score (nSPS) is 10.5. The molecule has 0 radical (unpaired) electrons. The monoisotopic (exact) mass is 293 g/mol. The molecule has 2 aromatic rings.